The van der Waals surface area contributed by atoms with E-state index in [4.69, 9.17) is 23.2 Å². The Hall–Kier alpha value is -2.62. The van der Waals surface area contributed by atoms with Crippen LogP contribution in [0.3, 0.4) is 0 Å². The molecule has 1 heterocycles. The fourth-order valence-corrected chi connectivity index (χ4v) is 4.47. The summed E-state index contributed by atoms with van der Waals surface area (Å²) in [5.41, 5.74) is 2.12. The average Bonchev–Trinajstić information content (AvgIpc) is 3.03. The quantitative estimate of drug-likeness (QED) is 0.517. The average molecular weight is 485 g/mol. The van der Waals surface area contributed by atoms with Gasteiger partial charge in [-0.2, -0.15) is 5.10 Å². The first-order valence-electron chi connectivity index (χ1n) is 9.09. The molecule has 2 N–H and O–H groups in total. The molecular weight excluding hydrogens is 466 g/mol. The number of aromatic nitrogens is 2. The van der Waals surface area contributed by atoms with Gasteiger partial charge in [-0.25, -0.2) is 12.8 Å². The van der Waals surface area contributed by atoms with Gasteiger partial charge in [-0.05, 0) is 63.2 Å². The van der Waals surface area contributed by atoms with Crippen LogP contribution in [0, 0.1) is 19.7 Å². The van der Waals surface area contributed by atoms with E-state index < -0.39 is 21.9 Å². The van der Waals surface area contributed by atoms with Crippen molar-refractivity contribution < 1.29 is 17.6 Å². The highest BCUT2D eigenvalue weighted by Gasteiger charge is 2.20. The largest absolute Gasteiger partial charge is 0.323 e. The minimum atomic E-state index is -4.02. The second kappa shape index (κ2) is 8.86. The monoisotopic (exact) mass is 484 g/mol. The van der Waals surface area contributed by atoms with Crippen molar-refractivity contribution in [3.63, 3.8) is 0 Å². The van der Waals surface area contributed by atoms with Crippen molar-refractivity contribution >= 4 is 50.5 Å². The molecule has 0 bridgehead atoms. The van der Waals surface area contributed by atoms with Crippen molar-refractivity contribution in [2.75, 3.05) is 10.0 Å². The van der Waals surface area contributed by atoms with Crippen LogP contribution in [0.25, 0.3) is 0 Å². The fourth-order valence-electron chi connectivity index (χ4n) is 2.92. The summed E-state index contributed by atoms with van der Waals surface area (Å²) in [6.07, 6.45) is 0. The topological polar surface area (TPSA) is 93.1 Å². The van der Waals surface area contributed by atoms with Gasteiger partial charge in [0.05, 0.1) is 32.0 Å². The van der Waals surface area contributed by atoms with E-state index in [1.54, 1.807) is 11.6 Å². The molecule has 2 aromatic carbocycles. The van der Waals surface area contributed by atoms with E-state index in [1.165, 1.54) is 18.2 Å². The van der Waals surface area contributed by atoms with Gasteiger partial charge in [0, 0.05) is 5.69 Å². The van der Waals surface area contributed by atoms with E-state index in [2.05, 4.69) is 15.1 Å². The lowest BCUT2D eigenvalue weighted by molar-refractivity contribution is -0.119. The first kappa shape index (κ1) is 23.1. The molecule has 0 aliphatic heterocycles. The Morgan fingerprint density at radius 3 is 2.39 bits per heavy atom. The van der Waals surface area contributed by atoms with Crippen LogP contribution in [-0.2, 0) is 14.8 Å². The molecule has 1 aromatic heterocycles. The van der Waals surface area contributed by atoms with Gasteiger partial charge in [-0.15, -0.1) is 0 Å². The Labute approximate surface area is 189 Å². The highest BCUT2D eigenvalue weighted by molar-refractivity contribution is 7.92. The molecule has 1 amide bonds. The number of amides is 1. The summed E-state index contributed by atoms with van der Waals surface area (Å²) < 4.78 is 42.3. The van der Waals surface area contributed by atoms with Gasteiger partial charge in [0.15, 0.2) is 0 Å². The number of hydrogen-bond donors (Lipinski definition) is 2. The Kier molecular flexibility index (Phi) is 6.59. The molecule has 3 rings (SSSR count). The van der Waals surface area contributed by atoms with Gasteiger partial charge < -0.3 is 5.32 Å². The van der Waals surface area contributed by atoms with Crippen LogP contribution < -0.4 is 10.0 Å². The van der Waals surface area contributed by atoms with Crippen LogP contribution in [-0.4, -0.2) is 24.1 Å². The van der Waals surface area contributed by atoms with Gasteiger partial charge in [-0.1, -0.05) is 23.2 Å². The van der Waals surface area contributed by atoms with E-state index in [9.17, 15) is 17.6 Å². The van der Waals surface area contributed by atoms with E-state index in [0.717, 1.165) is 29.6 Å². The summed E-state index contributed by atoms with van der Waals surface area (Å²) >= 11 is 11.9. The minimum Gasteiger partial charge on any atom is -0.323 e. The molecule has 7 nitrogen and oxygen atoms in total. The summed E-state index contributed by atoms with van der Waals surface area (Å²) in [7, 11) is -4.02. The standard InChI is InChI=1S/C20H19Cl2FN4O3S/c1-11-8-12(2)27(25-11)13(3)20(28)24-19-7-4-14(9-17(19)22)26-31(29,30)15-5-6-18(23)16(21)10-15/h4-10,13,26H,1-3H3,(H,24,28). The molecular formula is C20H19Cl2FN4O3S. The number of rotatable bonds is 6. The number of carbonyl (C=O) groups is 1. The molecule has 11 heteroatoms. The van der Waals surface area contributed by atoms with Crippen LogP contribution in [0.2, 0.25) is 10.0 Å². The number of halogens is 3. The predicted octanol–water partition coefficient (Wildman–Crippen LogP) is 4.95. The predicted molar refractivity (Wildman–Crippen MR) is 119 cm³/mol. The summed E-state index contributed by atoms with van der Waals surface area (Å²) in [6.45, 7) is 5.40. The number of sulfonamides is 1. The highest BCUT2D eigenvalue weighted by Crippen LogP contribution is 2.28. The molecule has 0 fully saturated rings. The van der Waals surface area contributed by atoms with Crippen molar-refractivity contribution in [3.05, 3.63) is 69.7 Å². The Balaban J connectivity index is 1.76. The molecule has 0 spiro atoms. The maximum Gasteiger partial charge on any atom is 0.261 e. The molecule has 1 atom stereocenters. The lowest BCUT2D eigenvalue weighted by atomic mass is 10.2. The number of anilines is 2. The Morgan fingerprint density at radius 1 is 1.10 bits per heavy atom. The van der Waals surface area contributed by atoms with Crippen molar-refractivity contribution in [1.82, 2.24) is 9.78 Å². The molecule has 164 valence electrons. The maximum atomic E-state index is 13.3. The first-order chi connectivity index (χ1) is 14.5. The third-order valence-corrected chi connectivity index (χ3v) is 6.45. The van der Waals surface area contributed by atoms with Crippen LogP contribution in [0.5, 0.6) is 0 Å². The number of aryl methyl sites for hydroxylation is 2. The number of carbonyl (C=O) groups excluding carboxylic acids is 1. The number of nitrogens with zero attached hydrogens (tertiary/aromatic N) is 2. The molecule has 0 radical (unpaired) electrons. The summed E-state index contributed by atoms with van der Waals surface area (Å²) in [4.78, 5) is 12.4. The molecule has 3 aromatic rings. The maximum absolute atomic E-state index is 13.3. The number of nitrogens with one attached hydrogen (secondary N) is 2. The molecule has 31 heavy (non-hydrogen) atoms. The normalized spacial score (nSPS) is 12.5. The smallest absolute Gasteiger partial charge is 0.261 e. The third-order valence-electron chi connectivity index (χ3n) is 4.47. The SMILES string of the molecule is Cc1cc(C)n(C(C)C(=O)Nc2ccc(NS(=O)(=O)c3ccc(F)c(Cl)c3)cc2Cl)n1. The van der Waals surface area contributed by atoms with Crippen LogP contribution >= 0.6 is 23.2 Å². The van der Waals surface area contributed by atoms with Gasteiger partial charge in [-0.3, -0.25) is 14.2 Å². The summed E-state index contributed by atoms with van der Waals surface area (Å²) in [5, 5.41) is 6.84. The lowest BCUT2D eigenvalue weighted by Crippen LogP contribution is -2.25. The Morgan fingerprint density at radius 2 is 1.81 bits per heavy atom. The second-order valence-electron chi connectivity index (χ2n) is 6.91. The zero-order valence-corrected chi connectivity index (χ0v) is 19.1. The zero-order chi connectivity index (χ0) is 22.9. The van der Waals surface area contributed by atoms with E-state index in [0.29, 0.717) is 5.69 Å². The van der Waals surface area contributed by atoms with E-state index in [1.807, 2.05) is 19.9 Å². The molecule has 0 saturated heterocycles. The van der Waals surface area contributed by atoms with E-state index in [-0.39, 0.29) is 26.5 Å². The number of benzene rings is 2. The van der Waals surface area contributed by atoms with Crippen molar-refractivity contribution in [2.45, 2.75) is 31.7 Å². The highest BCUT2D eigenvalue weighted by atomic mass is 35.5. The minimum absolute atomic E-state index is 0.131. The first-order valence-corrected chi connectivity index (χ1v) is 11.3. The number of hydrogen-bond acceptors (Lipinski definition) is 4. The van der Waals surface area contributed by atoms with Crippen LogP contribution in [0.4, 0.5) is 15.8 Å². The van der Waals surface area contributed by atoms with Gasteiger partial charge >= 0.3 is 0 Å². The molecule has 1 unspecified atom stereocenters. The summed E-state index contributed by atoms with van der Waals surface area (Å²) in [5.74, 6) is -1.05. The van der Waals surface area contributed by atoms with Crippen LogP contribution in [0.15, 0.2) is 47.4 Å². The van der Waals surface area contributed by atoms with Crippen molar-refractivity contribution in [1.29, 1.82) is 0 Å². The Bertz CT molecular complexity index is 1260. The zero-order valence-electron chi connectivity index (χ0n) is 16.8. The molecule has 0 aliphatic rings. The molecule has 0 aliphatic carbocycles. The second-order valence-corrected chi connectivity index (χ2v) is 9.41. The lowest BCUT2D eigenvalue weighted by Gasteiger charge is -2.16. The van der Waals surface area contributed by atoms with Crippen LogP contribution in [0.1, 0.15) is 24.4 Å². The fraction of sp³-hybridized carbons (Fsp3) is 0.200. The van der Waals surface area contributed by atoms with Gasteiger partial charge in [0.25, 0.3) is 10.0 Å². The van der Waals surface area contributed by atoms with Gasteiger partial charge in [0.2, 0.25) is 5.91 Å². The van der Waals surface area contributed by atoms with Crippen molar-refractivity contribution in [3.8, 4) is 0 Å². The molecule has 0 saturated carbocycles. The van der Waals surface area contributed by atoms with E-state index >= 15 is 0 Å². The summed E-state index contributed by atoms with van der Waals surface area (Å²) in [6, 6.07) is 8.63. The van der Waals surface area contributed by atoms with Gasteiger partial charge in [0.1, 0.15) is 11.9 Å². The van der Waals surface area contributed by atoms with Crippen molar-refractivity contribution in [2.24, 2.45) is 0 Å². The third kappa shape index (κ3) is 5.17.